The van der Waals surface area contributed by atoms with Crippen LogP contribution >= 0.6 is 0 Å². The molecule has 0 rings (SSSR count). The molecular formula is C9H23NO2Si. The molecule has 0 aromatic rings. The van der Waals surface area contributed by atoms with Crippen molar-refractivity contribution in [3.8, 4) is 0 Å². The van der Waals surface area contributed by atoms with Crippen LogP contribution in [0.15, 0.2) is 0 Å². The van der Waals surface area contributed by atoms with Gasteiger partial charge in [0.2, 0.25) is 0 Å². The zero-order chi connectivity index (χ0) is 10.1. The van der Waals surface area contributed by atoms with Gasteiger partial charge in [0.15, 0.2) is 0 Å². The van der Waals surface area contributed by atoms with Gasteiger partial charge >= 0.3 is 9.28 Å². The third-order valence-electron chi connectivity index (χ3n) is 2.11. The summed E-state index contributed by atoms with van der Waals surface area (Å²) in [5.74, 6) is 0. The summed E-state index contributed by atoms with van der Waals surface area (Å²) in [4.78, 5) is 0. The zero-order valence-electron chi connectivity index (χ0n) is 9.08. The molecule has 13 heavy (non-hydrogen) atoms. The Balaban J connectivity index is 3.94. The summed E-state index contributed by atoms with van der Waals surface area (Å²) in [5.41, 5.74) is 6.12. The molecule has 0 saturated carbocycles. The van der Waals surface area contributed by atoms with Crippen molar-refractivity contribution in [2.45, 2.75) is 39.2 Å². The van der Waals surface area contributed by atoms with Gasteiger partial charge in [0.05, 0.1) is 0 Å². The molecule has 2 N–H and O–H groups in total. The smallest absolute Gasteiger partial charge is 0.324 e. The first-order valence-corrected chi connectivity index (χ1v) is 6.84. The van der Waals surface area contributed by atoms with Crippen LogP contribution in [-0.4, -0.2) is 29.0 Å². The molecule has 0 spiro atoms. The van der Waals surface area contributed by atoms with Gasteiger partial charge in [-0.3, -0.25) is 0 Å². The lowest BCUT2D eigenvalue weighted by atomic mass is 10.2. The maximum atomic E-state index is 5.65. The molecule has 4 heteroatoms. The number of hydrogen-bond donors (Lipinski definition) is 1. The van der Waals surface area contributed by atoms with Gasteiger partial charge in [-0.15, -0.1) is 0 Å². The lowest BCUT2D eigenvalue weighted by Gasteiger charge is -2.23. The maximum absolute atomic E-state index is 5.65. The van der Waals surface area contributed by atoms with E-state index in [-0.39, 0.29) is 0 Å². The molecule has 0 heterocycles. The Morgan fingerprint density at radius 1 is 1.15 bits per heavy atom. The third kappa shape index (κ3) is 5.41. The Morgan fingerprint density at radius 2 is 1.69 bits per heavy atom. The molecule has 3 nitrogen and oxygen atoms in total. The summed E-state index contributed by atoms with van der Waals surface area (Å²) in [6.45, 7) is 8.48. The molecule has 1 unspecified atom stereocenters. The van der Waals surface area contributed by atoms with Crippen LogP contribution in [0.2, 0.25) is 5.54 Å². The van der Waals surface area contributed by atoms with Crippen LogP contribution in [0.25, 0.3) is 0 Å². The lowest BCUT2D eigenvalue weighted by molar-refractivity contribution is 0.201. The monoisotopic (exact) mass is 205 g/mol. The molecule has 0 aliphatic heterocycles. The van der Waals surface area contributed by atoms with Crippen molar-refractivity contribution in [1.29, 1.82) is 0 Å². The highest BCUT2D eigenvalue weighted by Crippen LogP contribution is 2.20. The van der Waals surface area contributed by atoms with E-state index in [0.29, 0.717) is 5.54 Å². The highest BCUT2D eigenvalue weighted by Gasteiger charge is 2.23. The highest BCUT2D eigenvalue weighted by atomic mass is 28.3. The molecule has 0 amide bonds. The molecule has 0 aliphatic carbocycles. The Bertz CT molecular complexity index is 108. The Morgan fingerprint density at radius 3 is 2.00 bits per heavy atom. The van der Waals surface area contributed by atoms with Crippen LogP contribution in [0, 0.1) is 0 Å². The Kier molecular flexibility index (Phi) is 8.75. The van der Waals surface area contributed by atoms with Crippen molar-refractivity contribution in [3.63, 3.8) is 0 Å². The zero-order valence-corrected chi connectivity index (χ0v) is 10.2. The molecule has 1 atom stereocenters. The van der Waals surface area contributed by atoms with Crippen LogP contribution in [0.5, 0.6) is 0 Å². The van der Waals surface area contributed by atoms with Gasteiger partial charge in [0, 0.05) is 18.8 Å². The molecule has 0 fully saturated rings. The maximum Gasteiger partial charge on any atom is 0.324 e. The lowest BCUT2D eigenvalue weighted by Crippen LogP contribution is -2.30. The summed E-state index contributed by atoms with van der Waals surface area (Å²) >= 11 is 0. The Labute approximate surface area is 83.5 Å². The van der Waals surface area contributed by atoms with E-state index in [1.165, 1.54) is 0 Å². The Hall–Kier alpha value is 0.0969. The van der Waals surface area contributed by atoms with Crippen molar-refractivity contribution in [2.75, 3.05) is 19.8 Å². The summed E-state index contributed by atoms with van der Waals surface area (Å²) in [5, 5.41) is 0. The SMILES string of the molecule is CCO[SiH](OCC)C(CC)CCN. The van der Waals surface area contributed by atoms with Crippen molar-refractivity contribution in [3.05, 3.63) is 0 Å². The molecule has 0 bridgehead atoms. The molecule has 0 aromatic heterocycles. The average Bonchev–Trinajstić information content (AvgIpc) is 2.14. The molecule has 0 radical (unpaired) electrons. The van der Waals surface area contributed by atoms with Gasteiger partial charge in [-0.25, -0.2) is 0 Å². The number of rotatable bonds is 8. The predicted octanol–water partition coefficient (Wildman–Crippen LogP) is 1.41. The highest BCUT2D eigenvalue weighted by molar-refractivity contribution is 6.46. The second-order valence-corrected chi connectivity index (χ2v) is 5.37. The quantitative estimate of drug-likeness (QED) is 0.609. The van der Waals surface area contributed by atoms with E-state index in [2.05, 4.69) is 6.92 Å². The largest absolute Gasteiger partial charge is 0.397 e. The number of nitrogens with two attached hydrogens (primary N) is 1. The molecular weight excluding hydrogens is 182 g/mol. The van der Waals surface area contributed by atoms with Gasteiger partial charge in [0.25, 0.3) is 0 Å². The second kappa shape index (κ2) is 8.68. The minimum absolute atomic E-state index is 0.574. The summed E-state index contributed by atoms with van der Waals surface area (Å²) in [6.07, 6.45) is 2.15. The van der Waals surface area contributed by atoms with Crippen LogP contribution in [0.1, 0.15) is 33.6 Å². The minimum atomic E-state index is -1.45. The average molecular weight is 205 g/mol. The topological polar surface area (TPSA) is 44.5 Å². The van der Waals surface area contributed by atoms with Gasteiger partial charge in [-0.05, 0) is 26.8 Å². The van der Waals surface area contributed by atoms with E-state index in [0.717, 1.165) is 32.6 Å². The molecule has 0 aliphatic rings. The van der Waals surface area contributed by atoms with E-state index in [1.54, 1.807) is 0 Å². The van der Waals surface area contributed by atoms with Crippen LogP contribution in [-0.2, 0) is 8.85 Å². The van der Waals surface area contributed by atoms with Crippen molar-refractivity contribution in [1.82, 2.24) is 0 Å². The first kappa shape index (κ1) is 13.1. The van der Waals surface area contributed by atoms with Gasteiger partial charge < -0.3 is 14.6 Å². The van der Waals surface area contributed by atoms with E-state index in [4.69, 9.17) is 14.6 Å². The first-order chi connectivity index (χ1) is 6.29. The molecule has 0 saturated heterocycles. The summed E-state index contributed by atoms with van der Waals surface area (Å²) in [7, 11) is -1.45. The van der Waals surface area contributed by atoms with Crippen LogP contribution in [0.3, 0.4) is 0 Å². The van der Waals surface area contributed by atoms with E-state index < -0.39 is 9.28 Å². The first-order valence-electron chi connectivity index (χ1n) is 5.23. The van der Waals surface area contributed by atoms with E-state index in [1.807, 2.05) is 13.8 Å². The normalized spacial score (nSPS) is 13.6. The van der Waals surface area contributed by atoms with Gasteiger partial charge in [0.1, 0.15) is 0 Å². The fraction of sp³-hybridized carbons (Fsp3) is 1.00. The second-order valence-electron chi connectivity index (χ2n) is 3.02. The molecule has 80 valence electrons. The fourth-order valence-electron chi connectivity index (χ4n) is 1.40. The van der Waals surface area contributed by atoms with Crippen LogP contribution in [0.4, 0.5) is 0 Å². The summed E-state index contributed by atoms with van der Waals surface area (Å²) < 4.78 is 11.3. The standard InChI is InChI=1S/C9H23NO2Si/c1-4-9(7-8-10)13(11-5-2)12-6-3/h9,13H,4-8,10H2,1-3H3. The number of hydrogen-bond acceptors (Lipinski definition) is 3. The molecule has 0 aromatic carbocycles. The fourth-order valence-corrected chi connectivity index (χ4v) is 3.54. The van der Waals surface area contributed by atoms with E-state index in [9.17, 15) is 0 Å². The van der Waals surface area contributed by atoms with Gasteiger partial charge in [-0.2, -0.15) is 0 Å². The minimum Gasteiger partial charge on any atom is -0.397 e. The predicted molar refractivity (Wildman–Crippen MR) is 58.1 cm³/mol. The van der Waals surface area contributed by atoms with Crippen molar-refractivity contribution >= 4 is 9.28 Å². The van der Waals surface area contributed by atoms with Crippen molar-refractivity contribution in [2.24, 2.45) is 5.73 Å². The van der Waals surface area contributed by atoms with Crippen molar-refractivity contribution < 1.29 is 8.85 Å². The van der Waals surface area contributed by atoms with Crippen LogP contribution < -0.4 is 5.73 Å². The summed E-state index contributed by atoms with van der Waals surface area (Å²) in [6, 6.07) is 0. The van der Waals surface area contributed by atoms with Gasteiger partial charge in [-0.1, -0.05) is 13.3 Å². The third-order valence-corrected chi connectivity index (χ3v) is 5.01. The van der Waals surface area contributed by atoms with E-state index >= 15 is 0 Å².